The zero-order chi connectivity index (χ0) is 18.7. The number of unbranched alkanes of at least 4 members (excludes halogenated alkanes) is 2. The second-order valence-corrected chi connectivity index (χ2v) is 6.97. The van der Waals surface area contributed by atoms with Crippen molar-refractivity contribution in [1.29, 1.82) is 0 Å². The van der Waals surface area contributed by atoms with Crippen LogP contribution in [0.5, 0.6) is 0 Å². The average Bonchev–Trinajstić information content (AvgIpc) is 2.53. The molecule has 0 bridgehead atoms. The summed E-state index contributed by atoms with van der Waals surface area (Å²) in [6.07, 6.45) is 2.27. The molecule has 1 aromatic carbocycles. The van der Waals surface area contributed by atoms with E-state index in [9.17, 15) is 9.59 Å². The number of ether oxygens (including phenoxy) is 1. The number of amides is 2. The van der Waals surface area contributed by atoms with Gasteiger partial charge in [-0.1, -0.05) is 18.2 Å². The first-order valence-corrected chi connectivity index (χ1v) is 8.80. The third kappa shape index (κ3) is 10.3. The normalized spacial score (nSPS) is 10.7. The van der Waals surface area contributed by atoms with E-state index in [2.05, 4.69) is 16.0 Å². The summed E-state index contributed by atoms with van der Waals surface area (Å²) in [7, 11) is 0. The van der Waals surface area contributed by atoms with E-state index < -0.39 is 11.7 Å². The van der Waals surface area contributed by atoms with Crippen LogP contribution in [0.25, 0.3) is 0 Å². The minimum Gasteiger partial charge on any atom is -0.444 e. The highest BCUT2D eigenvalue weighted by Gasteiger charge is 2.15. The van der Waals surface area contributed by atoms with Crippen LogP contribution < -0.4 is 16.0 Å². The summed E-state index contributed by atoms with van der Waals surface area (Å²) < 4.78 is 5.15. The van der Waals surface area contributed by atoms with Gasteiger partial charge in [-0.05, 0) is 64.4 Å². The maximum absolute atomic E-state index is 11.9. The molecule has 0 unspecified atom stereocenters. The van der Waals surface area contributed by atoms with Gasteiger partial charge in [0.2, 0.25) is 0 Å². The van der Waals surface area contributed by atoms with Crippen LogP contribution in [-0.4, -0.2) is 35.8 Å². The Labute approximate surface area is 154 Å². The third-order valence-electron chi connectivity index (χ3n) is 3.07. The van der Waals surface area contributed by atoms with Gasteiger partial charge in [0.15, 0.2) is 5.11 Å². The number of carbonyl (C=O) groups is 2. The molecule has 0 saturated heterocycles. The van der Waals surface area contributed by atoms with Crippen LogP contribution in [-0.2, 0) is 4.74 Å². The fourth-order valence-corrected chi connectivity index (χ4v) is 2.14. The molecule has 2 amide bonds. The molecule has 3 N–H and O–H groups in total. The molecule has 0 fully saturated rings. The van der Waals surface area contributed by atoms with E-state index in [0.29, 0.717) is 23.8 Å². The molecular weight excluding hydrogens is 338 g/mol. The van der Waals surface area contributed by atoms with Gasteiger partial charge in [0, 0.05) is 18.7 Å². The number of rotatable bonds is 7. The number of alkyl carbamates (subject to hydrolysis) is 1. The molecule has 0 aromatic heterocycles. The highest BCUT2D eigenvalue weighted by Crippen LogP contribution is 2.06. The average molecular weight is 365 g/mol. The molecule has 0 atom stereocenters. The molecule has 0 aliphatic rings. The Bertz CT molecular complexity index is 571. The number of hydrogen-bond acceptors (Lipinski definition) is 4. The highest BCUT2D eigenvalue weighted by molar-refractivity contribution is 7.80. The maximum atomic E-state index is 11.9. The molecule has 25 heavy (non-hydrogen) atoms. The predicted molar refractivity (Wildman–Crippen MR) is 103 cm³/mol. The van der Waals surface area contributed by atoms with Crippen LogP contribution in [0.4, 0.5) is 4.79 Å². The van der Waals surface area contributed by atoms with Crippen molar-refractivity contribution in [2.24, 2.45) is 0 Å². The van der Waals surface area contributed by atoms with Gasteiger partial charge in [0.25, 0.3) is 5.91 Å². The van der Waals surface area contributed by atoms with Crippen molar-refractivity contribution in [3.05, 3.63) is 35.9 Å². The van der Waals surface area contributed by atoms with Crippen LogP contribution >= 0.6 is 12.2 Å². The SMILES string of the molecule is CC(C)(C)OC(=O)NCCCCCNC(=S)NC(=O)c1ccccc1. The van der Waals surface area contributed by atoms with Gasteiger partial charge in [-0.15, -0.1) is 0 Å². The van der Waals surface area contributed by atoms with E-state index in [-0.39, 0.29) is 5.91 Å². The first kappa shape index (κ1) is 20.9. The molecule has 1 aromatic rings. The van der Waals surface area contributed by atoms with E-state index in [0.717, 1.165) is 19.3 Å². The zero-order valence-corrected chi connectivity index (χ0v) is 15.9. The van der Waals surface area contributed by atoms with Crippen LogP contribution in [0, 0.1) is 0 Å². The first-order chi connectivity index (χ1) is 11.8. The van der Waals surface area contributed by atoms with Crippen LogP contribution in [0.3, 0.4) is 0 Å². The number of carbonyl (C=O) groups excluding carboxylic acids is 2. The Morgan fingerprint density at radius 1 is 1.00 bits per heavy atom. The maximum Gasteiger partial charge on any atom is 0.407 e. The minimum absolute atomic E-state index is 0.223. The first-order valence-electron chi connectivity index (χ1n) is 8.39. The fraction of sp³-hybridized carbons (Fsp3) is 0.500. The lowest BCUT2D eigenvalue weighted by Crippen LogP contribution is -2.39. The van der Waals surface area contributed by atoms with Gasteiger partial charge in [-0.25, -0.2) is 4.79 Å². The van der Waals surface area contributed by atoms with Crippen LogP contribution in [0.1, 0.15) is 50.4 Å². The molecule has 0 saturated carbocycles. The van der Waals surface area contributed by atoms with Crippen molar-refractivity contribution >= 4 is 29.3 Å². The van der Waals surface area contributed by atoms with Gasteiger partial charge in [-0.3, -0.25) is 10.1 Å². The summed E-state index contributed by atoms with van der Waals surface area (Å²) in [5, 5.41) is 8.68. The summed E-state index contributed by atoms with van der Waals surface area (Å²) in [5.41, 5.74) is 0.0910. The second-order valence-electron chi connectivity index (χ2n) is 6.57. The summed E-state index contributed by atoms with van der Waals surface area (Å²) in [4.78, 5) is 23.4. The Morgan fingerprint density at radius 2 is 1.60 bits per heavy atom. The van der Waals surface area contributed by atoms with Crippen molar-refractivity contribution in [1.82, 2.24) is 16.0 Å². The highest BCUT2D eigenvalue weighted by atomic mass is 32.1. The van der Waals surface area contributed by atoms with E-state index >= 15 is 0 Å². The molecule has 0 heterocycles. The molecule has 1 rings (SSSR count). The lowest BCUT2D eigenvalue weighted by molar-refractivity contribution is 0.0527. The molecular formula is C18H27N3O3S. The van der Waals surface area contributed by atoms with Gasteiger partial charge in [-0.2, -0.15) is 0 Å². The smallest absolute Gasteiger partial charge is 0.407 e. The second kappa shape index (κ2) is 10.7. The fourth-order valence-electron chi connectivity index (χ4n) is 1.94. The zero-order valence-electron chi connectivity index (χ0n) is 15.1. The molecule has 0 radical (unpaired) electrons. The van der Waals surface area contributed by atoms with Crippen molar-refractivity contribution in [2.75, 3.05) is 13.1 Å². The summed E-state index contributed by atoms with van der Waals surface area (Å²) in [6.45, 7) is 6.73. The van der Waals surface area contributed by atoms with Crippen LogP contribution in [0.15, 0.2) is 30.3 Å². The van der Waals surface area contributed by atoms with Crippen molar-refractivity contribution in [2.45, 2.75) is 45.6 Å². The summed E-state index contributed by atoms with van der Waals surface area (Å²) >= 11 is 5.10. The van der Waals surface area contributed by atoms with E-state index in [1.54, 1.807) is 24.3 Å². The van der Waals surface area contributed by atoms with Gasteiger partial charge in [0.1, 0.15) is 5.60 Å². The largest absolute Gasteiger partial charge is 0.444 e. The number of nitrogens with one attached hydrogen (secondary N) is 3. The van der Waals surface area contributed by atoms with Crippen molar-refractivity contribution in [3.63, 3.8) is 0 Å². The van der Waals surface area contributed by atoms with Crippen molar-refractivity contribution in [3.8, 4) is 0 Å². The lowest BCUT2D eigenvalue weighted by atomic mass is 10.2. The Hall–Kier alpha value is -2.15. The molecule has 0 spiro atoms. The quantitative estimate of drug-likeness (QED) is 0.511. The van der Waals surface area contributed by atoms with Gasteiger partial charge >= 0.3 is 6.09 Å². The molecule has 0 aliphatic carbocycles. The number of hydrogen-bond donors (Lipinski definition) is 3. The topological polar surface area (TPSA) is 79.5 Å². The predicted octanol–water partition coefficient (Wildman–Crippen LogP) is 2.99. The van der Waals surface area contributed by atoms with Crippen LogP contribution in [0.2, 0.25) is 0 Å². The Morgan fingerprint density at radius 3 is 2.20 bits per heavy atom. The minimum atomic E-state index is -0.478. The monoisotopic (exact) mass is 365 g/mol. The standard InChI is InChI=1S/C18H27N3O3S/c1-18(2,3)24-17(23)20-13-9-5-8-12-19-16(25)21-15(22)14-10-6-4-7-11-14/h4,6-7,10-11H,5,8-9,12-13H2,1-3H3,(H,20,23)(H2,19,21,22,25). The molecule has 7 heteroatoms. The molecule has 6 nitrogen and oxygen atoms in total. The number of thiocarbonyl (C=S) groups is 1. The summed E-state index contributed by atoms with van der Waals surface area (Å²) in [6, 6.07) is 8.92. The van der Waals surface area contributed by atoms with Gasteiger partial charge < -0.3 is 15.4 Å². The van der Waals surface area contributed by atoms with E-state index in [1.807, 2.05) is 26.8 Å². The van der Waals surface area contributed by atoms with Crippen molar-refractivity contribution < 1.29 is 14.3 Å². The summed E-state index contributed by atoms with van der Waals surface area (Å²) in [5.74, 6) is -0.223. The molecule has 0 aliphatic heterocycles. The van der Waals surface area contributed by atoms with E-state index in [1.165, 1.54) is 0 Å². The van der Waals surface area contributed by atoms with Gasteiger partial charge in [0.05, 0.1) is 0 Å². The van der Waals surface area contributed by atoms with E-state index in [4.69, 9.17) is 17.0 Å². The Kier molecular flexibility index (Phi) is 8.91. The third-order valence-corrected chi connectivity index (χ3v) is 3.32. The Balaban J connectivity index is 2.05. The lowest BCUT2D eigenvalue weighted by Gasteiger charge is -2.19. The molecule has 138 valence electrons. The number of benzene rings is 1.